The van der Waals surface area contributed by atoms with E-state index >= 15 is 0 Å². The van der Waals surface area contributed by atoms with Crippen LogP contribution in [0.15, 0.2) is 28.9 Å². The van der Waals surface area contributed by atoms with Gasteiger partial charge in [0.2, 0.25) is 0 Å². The predicted molar refractivity (Wildman–Crippen MR) is 76.7 cm³/mol. The van der Waals surface area contributed by atoms with Crippen molar-refractivity contribution in [1.82, 2.24) is 4.98 Å². The van der Waals surface area contributed by atoms with E-state index < -0.39 is 12.0 Å². The molecule has 0 radical (unpaired) electrons. The van der Waals surface area contributed by atoms with E-state index in [1.54, 1.807) is 6.20 Å². The Morgan fingerprint density at radius 1 is 1.50 bits per heavy atom. The molecule has 0 saturated heterocycles. The molecule has 0 spiro atoms. The first-order valence-corrected chi connectivity index (χ1v) is 6.61. The maximum atomic E-state index is 10.7. The number of nitrogens with two attached hydrogens (primary N) is 1. The lowest BCUT2D eigenvalue weighted by Gasteiger charge is -2.04. The van der Waals surface area contributed by atoms with Crippen LogP contribution < -0.4 is 5.73 Å². The highest BCUT2D eigenvalue weighted by atomic mass is 79.9. The summed E-state index contributed by atoms with van der Waals surface area (Å²) in [7, 11) is 0. The number of aliphatic carboxylic acids is 1. The van der Waals surface area contributed by atoms with Gasteiger partial charge in [-0.2, -0.15) is 0 Å². The summed E-state index contributed by atoms with van der Waals surface area (Å²) in [6.45, 7) is 4.00. The number of halogens is 1. The van der Waals surface area contributed by atoms with Gasteiger partial charge in [0.15, 0.2) is 0 Å². The van der Waals surface area contributed by atoms with Gasteiger partial charge < -0.3 is 15.8 Å². The van der Waals surface area contributed by atoms with Crippen LogP contribution in [0.25, 0.3) is 10.9 Å². The number of hydrogen-bond donors (Lipinski definition) is 3. The molecular formula is C13H17BrN2O2. The van der Waals surface area contributed by atoms with Gasteiger partial charge in [0.05, 0.1) is 0 Å². The van der Waals surface area contributed by atoms with Crippen LogP contribution >= 0.6 is 15.9 Å². The van der Waals surface area contributed by atoms with Crippen LogP contribution in [-0.2, 0) is 11.2 Å². The number of hydrogen-bond acceptors (Lipinski definition) is 2. The Morgan fingerprint density at radius 2 is 2.17 bits per heavy atom. The Labute approximate surface area is 114 Å². The lowest BCUT2D eigenvalue weighted by Crippen LogP contribution is -2.32. The smallest absolute Gasteiger partial charge is 0.320 e. The molecule has 2 rings (SSSR count). The van der Waals surface area contributed by atoms with E-state index in [-0.39, 0.29) is 0 Å². The van der Waals surface area contributed by atoms with Gasteiger partial charge >= 0.3 is 5.97 Å². The molecule has 2 aromatic rings. The first kappa shape index (κ1) is 14.7. The maximum absolute atomic E-state index is 10.7. The lowest BCUT2D eigenvalue weighted by atomic mass is 10.1. The summed E-state index contributed by atoms with van der Waals surface area (Å²) in [6.07, 6.45) is 2.14. The van der Waals surface area contributed by atoms with E-state index in [1.807, 2.05) is 32.0 Å². The topological polar surface area (TPSA) is 79.1 Å². The van der Waals surface area contributed by atoms with Gasteiger partial charge in [-0.3, -0.25) is 4.79 Å². The van der Waals surface area contributed by atoms with Crippen molar-refractivity contribution in [3.8, 4) is 0 Å². The second-order valence-corrected chi connectivity index (χ2v) is 4.57. The number of carboxylic acid groups (broad SMARTS) is 1. The highest BCUT2D eigenvalue weighted by Crippen LogP contribution is 2.23. The molecule has 0 amide bonds. The fourth-order valence-electron chi connectivity index (χ4n) is 1.65. The van der Waals surface area contributed by atoms with Crippen molar-refractivity contribution in [2.45, 2.75) is 26.3 Å². The van der Waals surface area contributed by atoms with E-state index in [9.17, 15) is 4.79 Å². The molecular weight excluding hydrogens is 296 g/mol. The zero-order chi connectivity index (χ0) is 13.7. The first-order chi connectivity index (χ1) is 8.58. The van der Waals surface area contributed by atoms with Gasteiger partial charge in [-0.1, -0.05) is 35.8 Å². The molecule has 1 aromatic heterocycles. The third-order valence-corrected chi connectivity index (χ3v) is 2.98. The molecule has 1 aromatic carbocycles. The van der Waals surface area contributed by atoms with Crippen molar-refractivity contribution >= 4 is 32.8 Å². The highest BCUT2D eigenvalue weighted by molar-refractivity contribution is 9.10. The zero-order valence-electron chi connectivity index (χ0n) is 10.4. The van der Waals surface area contributed by atoms with Crippen LogP contribution in [0, 0.1) is 0 Å². The monoisotopic (exact) mass is 312 g/mol. The van der Waals surface area contributed by atoms with Crippen molar-refractivity contribution in [1.29, 1.82) is 0 Å². The number of rotatable bonds is 3. The van der Waals surface area contributed by atoms with Gasteiger partial charge in [-0.05, 0) is 17.7 Å². The van der Waals surface area contributed by atoms with Gasteiger partial charge in [-0.15, -0.1) is 0 Å². The highest BCUT2D eigenvalue weighted by Gasteiger charge is 2.14. The quantitative estimate of drug-likeness (QED) is 0.815. The normalized spacial score (nSPS) is 11.8. The van der Waals surface area contributed by atoms with Gasteiger partial charge in [0, 0.05) is 28.0 Å². The van der Waals surface area contributed by atoms with Gasteiger partial charge in [0.1, 0.15) is 6.04 Å². The minimum Gasteiger partial charge on any atom is -0.480 e. The summed E-state index contributed by atoms with van der Waals surface area (Å²) in [4.78, 5) is 13.8. The van der Waals surface area contributed by atoms with E-state index in [0.29, 0.717) is 6.42 Å². The maximum Gasteiger partial charge on any atom is 0.320 e. The summed E-state index contributed by atoms with van der Waals surface area (Å²) >= 11 is 3.38. The van der Waals surface area contributed by atoms with Crippen LogP contribution in [-0.4, -0.2) is 22.1 Å². The van der Waals surface area contributed by atoms with Gasteiger partial charge in [-0.25, -0.2) is 0 Å². The van der Waals surface area contributed by atoms with Crippen LogP contribution in [0.2, 0.25) is 0 Å². The lowest BCUT2D eigenvalue weighted by molar-refractivity contribution is -0.138. The zero-order valence-corrected chi connectivity index (χ0v) is 12.0. The standard InChI is InChI=1S/C11H11BrN2O2.C2H6/c12-7-1-2-8-6(3-9(13)11(15)16)5-14-10(8)4-7;1-2/h1-2,4-5,9,14H,3,13H2,(H,15,16);1-2H3/t9-;/m0./s1. The number of benzene rings is 1. The molecule has 0 aliphatic carbocycles. The minimum absolute atomic E-state index is 0.330. The van der Waals surface area contributed by atoms with Gasteiger partial charge in [0.25, 0.3) is 0 Å². The molecule has 0 aliphatic heterocycles. The number of aromatic amines is 1. The van der Waals surface area contributed by atoms with Crippen LogP contribution in [0.5, 0.6) is 0 Å². The number of carbonyl (C=O) groups is 1. The number of nitrogens with one attached hydrogen (secondary N) is 1. The summed E-state index contributed by atoms with van der Waals surface area (Å²) in [5, 5.41) is 9.77. The average Bonchev–Trinajstić information content (AvgIpc) is 2.74. The molecule has 0 unspecified atom stereocenters. The van der Waals surface area contributed by atoms with E-state index in [1.165, 1.54) is 0 Å². The fraction of sp³-hybridized carbons (Fsp3) is 0.308. The molecule has 4 nitrogen and oxygen atoms in total. The largest absolute Gasteiger partial charge is 0.480 e. The number of fused-ring (bicyclic) bond motifs is 1. The van der Waals surface area contributed by atoms with E-state index in [2.05, 4.69) is 20.9 Å². The number of aromatic nitrogens is 1. The van der Waals surface area contributed by atoms with Crippen molar-refractivity contribution < 1.29 is 9.90 Å². The minimum atomic E-state index is -0.980. The Hall–Kier alpha value is -1.33. The Balaban J connectivity index is 0.000000771. The molecule has 98 valence electrons. The fourth-order valence-corrected chi connectivity index (χ4v) is 2.01. The molecule has 18 heavy (non-hydrogen) atoms. The Morgan fingerprint density at radius 3 is 2.78 bits per heavy atom. The SMILES string of the molecule is CC.N[C@@H](Cc1c[nH]c2cc(Br)ccc12)C(=O)O. The number of H-pyrrole nitrogens is 1. The molecule has 1 atom stereocenters. The Bertz CT molecular complexity index is 537. The van der Waals surface area contributed by atoms with Crippen molar-refractivity contribution in [2.24, 2.45) is 5.73 Å². The van der Waals surface area contributed by atoms with E-state index in [0.717, 1.165) is 20.9 Å². The van der Waals surface area contributed by atoms with Crippen LogP contribution in [0.1, 0.15) is 19.4 Å². The second kappa shape index (κ2) is 6.56. The molecule has 0 aliphatic rings. The first-order valence-electron chi connectivity index (χ1n) is 5.82. The van der Waals surface area contributed by atoms with Crippen LogP contribution in [0.3, 0.4) is 0 Å². The molecule has 5 heteroatoms. The molecule has 0 fully saturated rings. The number of carboxylic acids is 1. The second-order valence-electron chi connectivity index (χ2n) is 3.65. The van der Waals surface area contributed by atoms with E-state index in [4.69, 9.17) is 10.8 Å². The summed E-state index contributed by atoms with van der Waals surface area (Å²) in [5.74, 6) is -0.980. The predicted octanol–water partition coefficient (Wildman–Crippen LogP) is 2.91. The summed E-state index contributed by atoms with van der Waals surface area (Å²) in [5.41, 5.74) is 7.41. The summed E-state index contributed by atoms with van der Waals surface area (Å²) < 4.78 is 0.982. The third-order valence-electron chi connectivity index (χ3n) is 2.49. The Kier molecular flexibility index (Phi) is 5.37. The molecule has 4 N–H and O–H groups in total. The van der Waals surface area contributed by atoms with Crippen molar-refractivity contribution in [3.05, 3.63) is 34.4 Å². The third kappa shape index (κ3) is 3.34. The van der Waals surface area contributed by atoms with Crippen molar-refractivity contribution in [3.63, 3.8) is 0 Å². The average molecular weight is 313 g/mol. The van der Waals surface area contributed by atoms with Crippen molar-refractivity contribution in [2.75, 3.05) is 0 Å². The van der Waals surface area contributed by atoms with Crippen LogP contribution in [0.4, 0.5) is 0 Å². The molecule has 0 saturated carbocycles. The summed E-state index contributed by atoms with van der Waals surface area (Å²) in [6, 6.07) is 4.96. The molecule has 0 bridgehead atoms. The molecule has 1 heterocycles.